The molecule has 0 aliphatic carbocycles. The zero-order valence-corrected chi connectivity index (χ0v) is 19.2. The Morgan fingerprint density at radius 3 is 1.62 bits per heavy atom. The van der Waals surface area contributed by atoms with Gasteiger partial charge in [-0.05, 0) is 26.2 Å². The van der Waals surface area contributed by atoms with Crippen LogP contribution in [0.4, 0.5) is 0 Å². The van der Waals surface area contributed by atoms with Crippen LogP contribution in [0.25, 0.3) is 0 Å². The molecule has 0 aromatic carbocycles. The second-order valence-electron chi connectivity index (χ2n) is 6.90. The van der Waals surface area contributed by atoms with Gasteiger partial charge in [0, 0.05) is 25.7 Å². The zero-order valence-electron chi connectivity index (χ0n) is 19.2. The summed E-state index contributed by atoms with van der Waals surface area (Å²) >= 11 is 0. The van der Waals surface area contributed by atoms with Crippen LogP contribution in [0.1, 0.15) is 112 Å². The molecule has 0 bridgehead atoms. The summed E-state index contributed by atoms with van der Waals surface area (Å²) in [5, 5.41) is 0. The number of ether oxygens (including phenoxy) is 1. The van der Waals surface area contributed by atoms with Crippen LogP contribution in [-0.4, -0.2) is 31.1 Å². The summed E-state index contributed by atoms with van der Waals surface area (Å²) in [6, 6.07) is 0. The fraction of sp³-hybridized carbons (Fsp3) is 0.870. The van der Waals surface area contributed by atoms with Gasteiger partial charge >= 0.3 is 5.97 Å². The molecule has 0 aromatic heterocycles. The SMILES string of the molecule is C=C(C)N(C)CCCCC(=O)OCCCC.CCCCC.CCCCC. The molecule has 0 saturated carbocycles. The Morgan fingerprint density at radius 1 is 0.808 bits per heavy atom. The topological polar surface area (TPSA) is 29.5 Å². The average Bonchev–Trinajstić information content (AvgIpc) is 2.61. The quantitative estimate of drug-likeness (QED) is 0.250. The van der Waals surface area contributed by atoms with Crippen LogP contribution in [-0.2, 0) is 9.53 Å². The summed E-state index contributed by atoms with van der Waals surface area (Å²) in [5.41, 5.74) is 1.06. The monoisotopic (exact) mass is 371 g/mol. The van der Waals surface area contributed by atoms with Crippen molar-refractivity contribution in [1.29, 1.82) is 0 Å². The number of hydrogen-bond acceptors (Lipinski definition) is 3. The van der Waals surface area contributed by atoms with Crippen molar-refractivity contribution in [2.24, 2.45) is 0 Å². The molecular formula is C23H49NO2. The number of allylic oxidation sites excluding steroid dienone is 1. The first-order chi connectivity index (χ1) is 12.4. The highest BCUT2D eigenvalue weighted by Gasteiger charge is 2.03. The number of carbonyl (C=O) groups is 1. The van der Waals surface area contributed by atoms with Gasteiger partial charge in [0.2, 0.25) is 0 Å². The predicted molar refractivity (Wildman–Crippen MR) is 118 cm³/mol. The number of carbonyl (C=O) groups excluding carboxylic acids is 1. The minimum atomic E-state index is -0.0635. The van der Waals surface area contributed by atoms with E-state index < -0.39 is 0 Å². The molecule has 0 spiro atoms. The molecule has 0 unspecified atom stereocenters. The maximum Gasteiger partial charge on any atom is 0.305 e. The Labute approximate surface area is 165 Å². The molecular weight excluding hydrogens is 322 g/mol. The molecule has 0 aromatic rings. The Kier molecular flexibility index (Phi) is 30.0. The maximum absolute atomic E-state index is 11.2. The highest BCUT2D eigenvalue weighted by molar-refractivity contribution is 5.69. The standard InChI is InChI=1S/C13H25NO2.2C5H12/c1-5-6-11-16-13(15)9-7-8-10-14(4)12(2)3;2*1-3-5-4-2/h2,5-11H2,1,3-4H3;2*3-5H2,1-2H3. The third kappa shape index (κ3) is 30.8. The molecule has 0 aliphatic rings. The average molecular weight is 372 g/mol. The van der Waals surface area contributed by atoms with E-state index in [1.54, 1.807) is 0 Å². The lowest BCUT2D eigenvalue weighted by molar-refractivity contribution is -0.143. The largest absolute Gasteiger partial charge is 0.466 e. The third-order valence-electron chi connectivity index (χ3n) is 3.95. The van der Waals surface area contributed by atoms with Gasteiger partial charge in [-0.1, -0.05) is 86.1 Å². The lowest BCUT2D eigenvalue weighted by atomic mass is 10.2. The van der Waals surface area contributed by atoms with Crippen molar-refractivity contribution >= 4 is 5.97 Å². The van der Waals surface area contributed by atoms with E-state index in [0.717, 1.165) is 37.9 Å². The molecule has 0 radical (unpaired) electrons. The normalized spacial score (nSPS) is 9.35. The van der Waals surface area contributed by atoms with E-state index in [0.29, 0.717) is 13.0 Å². The van der Waals surface area contributed by atoms with Crippen molar-refractivity contribution < 1.29 is 9.53 Å². The molecule has 0 heterocycles. The number of nitrogens with zero attached hydrogens (tertiary/aromatic N) is 1. The molecule has 0 saturated heterocycles. The van der Waals surface area contributed by atoms with Gasteiger partial charge in [0.25, 0.3) is 0 Å². The van der Waals surface area contributed by atoms with Crippen molar-refractivity contribution in [2.45, 2.75) is 112 Å². The second-order valence-corrected chi connectivity index (χ2v) is 6.90. The molecule has 0 fully saturated rings. The van der Waals surface area contributed by atoms with E-state index in [9.17, 15) is 4.79 Å². The predicted octanol–water partition coefficient (Wildman–Crippen LogP) is 7.36. The third-order valence-corrected chi connectivity index (χ3v) is 3.95. The lowest BCUT2D eigenvalue weighted by Gasteiger charge is -2.18. The molecule has 158 valence electrons. The van der Waals surface area contributed by atoms with Gasteiger partial charge in [-0.2, -0.15) is 0 Å². The first-order valence-corrected chi connectivity index (χ1v) is 10.9. The first-order valence-electron chi connectivity index (χ1n) is 10.9. The number of unbranched alkanes of at least 4 members (excludes halogenated alkanes) is 6. The van der Waals surface area contributed by atoms with Crippen molar-refractivity contribution in [3.63, 3.8) is 0 Å². The van der Waals surface area contributed by atoms with Crippen LogP contribution in [0.15, 0.2) is 12.3 Å². The fourth-order valence-corrected chi connectivity index (χ4v) is 1.92. The Bertz CT molecular complexity index is 280. The van der Waals surface area contributed by atoms with E-state index >= 15 is 0 Å². The van der Waals surface area contributed by atoms with E-state index in [1.165, 1.54) is 38.5 Å². The van der Waals surface area contributed by atoms with Gasteiger partial charge in [0.1, 0.15) is 0 Å². The fourth-order valence-electron chi connectivity index (χ4n) is 1.92. The van der Waals surface area contributed by atoms with Gasteiger partial charge in [-0.25, -0.2) is 0 Å². The van der Waals surface area contributed by atoms with E-state index in [2.05, 4.69) is 46.1 Å². The van der Waals surface area contributed by atoms with Gasteiger partial charge in [0.05, 0.1) is 6.61 Å². The highest BCUT2D eigenvalue weighted by atomic mass is 16.5. The van der Waals surface area contributed by atoms with Crippen LogP contribution in [0.5, 0.6) is 0 Å². The van der Waals surface area contributed by atoms with Crippen molar-refractivity contribution in [1.82, 2.24) is 4.90 Å². The summed E-state index contributed by atoms with van der Waals surface area (Å²) in [7, 11) is 2.02. The maximum atomic E-state index is 11.2. The number of rotatable bonds is 13. The van der Waals surface area contributed by atoms with Crippen molar-refractivity contribution in [2.75, 3.05) is 20.2 Å². The Balaban J connectivity index is -0.000000433. The summed E-state index contributed by atoms with van der Waals surface area (Å²) in [6.45, 7) is 18.3. The van der Waals surface area contributed by atoms with Crippen LogP contribution in [0.2, 0.25) is 0 Å². The molecule has 26 heavy (non-hydrogen) atoms. The van der Waals surface area contributed by atoms with Crippen LogP contribution < -0.4 is 0 Å². The smallest absolute Gasteiger partial charge is 0.305 e. The van der Waals surface area contributed by atoms with E-state index in [1.807, 2.05) is 14.0 Å². The van der Waals surface area contributed by atoms with Crippen molar-refractivity contribution in [3.8, 4) is 0 Å². The number of esters is 1. The van der Waals surface area contributed by atoms with E-state index in [-0.39, 0.29) is 5.97 Å². The lowest BCUT2D eigenvalue weighted by Crippen LogP contribution is -2.16. The van der Waals surface area contributed by atoms with Gasteiger partial charge in [0.15, 0.2) is 0 Å². The minimum absolute atomic E-state index is 0.0635. The molecule has 0 aliphatic heterocycles. The van der Waals surface area contributed by atoms with Gasteiger partial charge in [-0.3, -0.25) is 4.79 Å². The zero-order chi connectivity index (χ0) is 20.6. The summed E-state index contributed by atoms with van der Waals surface area (Å²) < 4.78 is 5.07. The second kappa shape index (κ2) is 26.2. The van der Waals surface area contributed by atoms with Crippen molar-refractivity contribution in [3.05, 3.63) is 12.3 Å². The minimum Gasteiger partial charge on any atom is -0.466 e. The highest BCUT2D eigenvalue weighted by Crippen LogP contribution is 2.03. The first kappa shape index (κ1) is 29.8. The summed E-state index contributed by atoms with van der Waals surface area (Å²) in [6.07, 6.45) is 12.6. The Morgan fingerprint density at radius 2 is 1.27 bits per heavy atom. The molecule has 0 atom stereocenters. The van der Waals surface area contributed by atoms with Gasteiger partial charge in [-0.15, -0.1) is 0 Å². The van der Waals surface area contributed by atoms with Crippen LogP contribution >= 0.6 is 0 Å². The Hall–Kier alpha value is -0.990. The molecule has 0 rings (SSSR count). The van der Waals surface area contributed by atoms with E-state index in [4.69, 9.17) is 4.74 Å². The molecule has 3 heteroatoms. The van der Waals surface area contributed by atoms with Gasteiger partial charge < -0.3 is 9.64 Å². The summed E-state index contributed by atoms with van der Waals surface area (Å²) in [5.74, 6) is -0.0635. The summed E-state index contributed by atoms with van der Waals surface area (Å²) in [4.78, 5) is 13.3. The molecule has 0 amide bonds. The van der Waals surface area contributed by atoms with Crippen LogP contribution in [0.3, 0.4) is 0 Å². The molecule has 0 N–H and O–H groups in total. The molecule has 3 nitrogen and oxygen atoms in total. The van der Waals surface area contributed by atoms with Crippen LogP contribution in [0, 0.1) is 0 Å². The number of hydrogen-bond donors (Lipinski definition) is 0.